The summed E-state index contributed by atoms with van der Waals surface area (Å²) in [6, 6.07) is 6.04. The highest BCUT2D eigenvalue weighted by Crippen LogP contribution is 2.37. The standard InChI is InChI=1S/C11H12O3/c1-4-12-9-3-2-8(11-7-14-11)6-10(9)13-5-1/h2-3,6,11H,1,4-5,7H2/t11-/m0/s1. The molecule has 0 amide bonds. The van der Waals surface area contributed by atoms with E-state index in [1.807, 2.05) is 18.2 Å². The highest BCUT2D eigenvalue weighted by Gasteiger charge is 2.26. The van der Waals surface area contributed by atoms with Gasteiger partial charge in [0.1, 0.15) is 6.10 Å². The molecule has 1 atom stereocenters. The van der Waals surface area contributed by atoms with Crippen molar-refractivity contribution in [2.45, 2.75) is 12.5 Å². The molecule has 2 aliphatic rings. The Morgan fingerprint density at radius 3 is 2.64 bits per heavy atom. The van der Waals surface area contributed by atoms with E-state index in [-0.39, 0.29) is 6.10 Å². The Kier molecular flexibility index (Phi) is 1.84. The summed E-state index contributed by atoms with van der Waals surface area (Å²) in [6.45, 7) is 2.31. The molecule has 74 valence electrons. The highest BCUT2D eigenvalue weighted by atomic mass is 16.6. The maximum Gasteiger partial charge on any atom is 0.161 e. The molecule has 0 unspecified atom stereocenters. The molecule has 0 aromatic heterocycles. The zero-order valence-electron chi connectivity index (χ0n) is 7.86. The van der Waals surface area contributed by atoms with Crippen LogP contribution in [0.4, 0.5) is 0 Å². The summed E-state index contributed by atoms with van der Waals surface area (Å²) in [5.74, 6) is 1.71. The van der Waals surface area contributed by atoms with Crippen LogP contribution in [0, 0.1) is 0 Å². The zero-order chi connectivity index (χ0) is 9.38. The molecule has 0 saturated carbocycles. The van der Waals surface area contributed by atoms with Gasteiger partial charge in [-0.15, -0.1) is 0 Å². The maximum absolute atomic E-state index is 5.59. The molecule has 3 nitrogen and oxygen atoms in total. The Labute approximate surface area is 82.6 Å². The first-order chi connectivity index (χ1) is 6.93. The van der Waals surface area contributed by atoms with Crippen molar-refractivity contribution in [1.29, 1.82) is 0 Å². The second-order valence-electron chi connectivity index (χ2n) is 3.58. The van der Waals surface area contributed by atoms with Gasteiger partial charge >= 0.3 is 0 Å². The van der Waals surface area contributed by atoms with E-state index >= 15 is 0 Å². The fourth-order valence-electron chi connectivity index (χ4n) is 1.62. The maximum atomic E-state index is 5.59. The molecule has 0 radical (unpaired) electrons. The van der Waals surface area contributed by atoms with Gasteiger partial charge in [-0.1, -0.05) is 6.07 Å². The van der Waals surface area contributed by atoms with Gasteiger partial charge in [-0.05, 0) is 17.7 Å². The van der Waals surface area contributed by atoms with E-state index in [2.05, 4.69) is 0 Å². The fraction of sp³-hybridized carbons (Fsp3) is 0.455. The minimum Gasteiger partial charge on any atom is -0.490 e. The van der Waals surface area contributed by atoms with Crippen LogP contribution in [-0.4, -0.2) is 19.8 Å². The normalized spacial score (nSPS) is 24.1. The molecular weight excluding hydrogens is 180 g/mol. The molecule has 0 N–H and O–H groups in total. The van der Waals surface area contributed by atoms with Gasteiger partial charge in [0.25, 0.3) is 0 Å². The molecule has 2 aliphatic heterocycles. The third kappa shape index (κ3) is 1.44. The van der Waals surface area contributed by atoms with Gasteiger partial charge in [0.2, 0.25) is 0 Å². The fourth-order valence-corrected chi connectivity index (χ4v) is 1.62. The summed E-state index contributed by atoms with van der Waals surface area (Å²) in [5.41, 5.74) is 1.19. The molecule has 1 aromatic carbocycles. The minimum atomic E-state index is 0.284. The lowest BCUT2D eigenvalue weighted by molar-refractivity contribution is 0.297. The largest absolute Gasteiger partial charge is 0.490 e. The first-order valence-electron chi connectivity index (χ1n) is 4.94. The second kappa shape index (κ2) is 3.17. The van der Waals surface area contributed by atoms with Crippen molar-refractivity contribution in [3.8, 4) is 11.5 Å². The van der Waals surface area contributed by atoms with E-state index in [0.29, 0.717) is 0 Å². The number of benzene rings is 1. The molecular formula is C11H12O3. The third-order valence-electron chi connectivity index (χ3n) is 2.48. The Morgan fingerprint density at radius 1 is 1.07 bits per heavy atom. The van der Waals surface area contributed by atoms with Gasteiger partial charge in [-0.2, -0.15) is 0 Å². The van der Waals surface area contributed by atoms with E-state index in [1.165, 1.54) is 5.56 Å². The van der Waals surface area contributed by atoms with Crippen LogP contribution in [0.15, 0.2) is 18.2 Å². The predicted octanol–water partition coefficient (Wildman–Crippen LogP) is 1.92. The van der Waals surface area contributed by atoms with Crippen molar-refractivity contribution in [1.82, 2.24) is 0 Å². The SMILES string of the molecule is c1cc2c(cc1[C@@H]1CO1)OCCCO2. The molecule has 2 heterocycles. The topological polar surface area (TPSA) is 31.0 Å². The molecule has 0 bridgehead atoms. The van der Waals surface area contributed by atoms with E-state index < -0.39 is 0 Å². The lowest BCUT2D eigenvalue weighted by atomic mass is 10.1. The van der Waals surface area contributed by atoms with Crippen molar-refractivity contribution < 1.29 is 14.2 Å². The van der Waals surface area contributed by atoms with Crippen LogP contribution in [0.25, 0.3) is 0 Å². The lowest BCUT2D eigenvalue weighted by Crippen LogP contribution is -1.97. The lowest BCUT2D eigenvalue weighted by Gasteiger charge is -2.07. The van der Waals surface area contributed by atoms with Crippen molar-refractivity contribution in [2.75, 3.05) is 19.8 Å². The Hall–Kier alpha value is -1.22. The van der Waals surface area contributed by atoms with Gasteiger partial charge in [-0.3, -0.25) is 0 Å². The molecule has 1 saturated heterocycles. The molecule has 0 spiro atoms. The number of epoxide rings is 1. The van der Waals surface area contributed by atoms with Crippen LogP contribution in [-0.2, 0) is 4.74 Å². The Balaban J connectivity index is 1.94. The quantitative estimate of drug-likeness (QED) is 0.637. The average Bonchev–Trinajstić information content (AvgIpc) is 3.04. The summed E-state index contributed by atoms with van der Waals surface area (Å²) >= 11 is 0. The van der Waals surface area contributed by atoms with Crippen LogP contribution in [0.3, 0.4) is 0 Å². The number of fused-ring (bicyclic) bond motifs is 1. The van der Waals surface area contributed by atoms with Crippen molar-refractivity contribution in [3.05, 3.63) is 23.8 Å². The van der Waals surface area contributed by atoms with Crippen LogP contribution in [0.1, 0.15) is 18.1 Å². The van der Waals surface area contributed by atoms with Crippen molar-refractivity contribution >= 4 is 0 Å². The summed E-state index contributed by atoms with van der Waals surface area (Å²) in [4.78, 5) is 0. The molecule has 1 aromatic rings. The Morgan fingerprint density at radius 2 is 1.86 bits per heavy atom. The van der Waals surface area contributed by atoms with Crippen LogP contribution < -0.4 is 9.47 Å². The number of hydrogen-bond acceptors (Lipinski definition) is 3. The van der Waals surface area contributed by atoms with E-state index in [4.69, 9.17) is 14.2 Å². The van der Waals surface area contributed by atoms with Crippen LogP contribution in [0.2, 0.25) is 0 Å². The van der Waals surface area contributed by atoms with E-state index in [1.54, 1.807) is 0 Å². The van der Waals surface area contributed by atoms with Gasteiger partial charge in [0.05, 0.1) is 19.8 Å². The van der Waals surface area contributed by atoms with E-state index in [9.17, 15) is 0 Å². The van der Waals surface area contributed by atoms with E-state index in [0.717, 1.165) is 37.7 Å². The summed E-state index contributed by atoms with van der Waals surface area (Å²) in [6.07, 6.45) is 1.23. The van der Waals surface area contributed by atoms with Gasteiger partial charge in [0.15, 0.2) is 11.5 Å². The number of rotatable bonds is 1. The predicted molar refractivity (Wildman–Crippen MR) is 50.7 cm³/mol. The molecule has 14 heavy (non-hydrogen) atoms. The molecule has 3 rings (SSSR count). The summed E-state index contributed by atoms with van der Waals surface area (Å²) in [5, 5.41) is 0. The molecule has 0 aliphatic carbocycles. The molecule has 3 heteroatoms. The summed E-state index contributed by atoms with van der Waals surface area (Å²) < 4.78 is 16.3. The van der Waals surface area contributed by atoms with Gasteiger partial charge in [-0.25, -0.2) is 0 Å². The number of hydrogen-bond donors (Lipinski definition) is 0. The van der Waals surface area contributed by atoms with Crippen molar-refractivity contribution in [3.63, 3.8) is 0 Å². The highest BCUT2D eigenvalue weighted by molar-refractivity contribution is 5.44. The first kappa shape index (κ1) is 8.12. The molecule has 1 fully saturated rings. The minimum absolute atomic E-state index is 0.284. The second-order valence-corrected chi connectivity index (χ2v) is 3.58. The third-order valence-corrected chi connectivity index (χ3v) is 2.48. The first-order valence-corrected chi connectivity index (χ1v) is 4.94. The average molecular weight is 192 g/mol. The summed E-state index contributed by atoms with van der Waals surface area (Å²) in [7, 11) is 0. The van der Waals surface area contributed by atoms with Crippen LogP contribution >= 0.6 is 0 Å². The van der Waals surface area contributed by atoms with Gasteiger partial charge in [0, 0.05) is 6.42 Å². The monoisotopic (exact) mass is 192 g/mol. The Bertz CT molecular complexity index is 344. The smallest absolute Gasteiger partial charge is 0.161 e. The van der Waals surface area contributed by atoms with Crippen molar-refractivity contribution in [2.24, 2.45) is 0 Å². The number of ether oxygens (including phenoxy) is 3. The van der Waals surface area contributed by atoms with Crippen LogP contribution in [0.5, 0.6) is 11.5 Å². The zero-order valence-corrected chi connectivity index (χ0v) is 7.86. The van der Waals surface area contributed by atoms with Gasteiger partial charge < -0.3 is 14.2 Å².